The molecule has 0 bridgehead atoms. The normalized spacial score (nSPS) is 11.1. The third kappa shape index (κ3) is 3.47. The number of para-hydroxylation sites is 1. The zero-order chi connectivity index (χ0) is 19.7. The fraction of sp³-hybridized carbons (Fsp3) is 0.300. The van der Waals surface area contributed by atoms with Gasteiger partial charge in [-0.15, -0.1) is 0 Å². The Bertz CT molecular complexity index is 1110. The summed E-state index contributed by atoms with van der Waals surface area (Å²) < 4.78 is 1.58. The van der Waals surface area contributed by atoms with Crippen molar-refractivity contribution in [3.63, 3.8) is 0 Å². The number of carbonyl (C=O) groups excluding carboxylic acids is 2. The molecule has 0 saturated carbocycles. The van der Waals surface area contributed by atoms with Gasteiger partial charge in [-0.05, 0) is 45.4 Å². The van der Waals surface area contributed by atoms with Crippen LogP contribution in [-0.2, 0) is 6.54 Å². The second-order valence-electron chi connectivity index (χ2n) is 6.35. The summed E-state index contributed by atoms with van der Waals surface area (Å²) in [7, 11) is 0. The molecule has 2 aromatic heterocycles. The summed E-state index contributed by atoms with van der Waals surface area (Å²) in [5.74, 6) is -0.0646. The molecule has 0 aliphatic heterocycles. The number of thioether (sulfide) groups is 1. The maximum Gasteiger partial charge on any atom is 0.262 e. The largest absolute Gasteiger partial charge is 0.355 e. The first-order valence-corrected chi connectivity index (χ1v) is 9.69. The van der Waals surface area contributed by atoms with E-state index in [1.165, 1.54) is 18.7 Å². The highest BCUT2D eigenvalue weighted by molar-refractivity contribution is 7.99. The highest BCUT2D eigenvalue weighted by Gasteiger charge is 2.20. The van der Waals surface area contributed by atoms with Gasteiger partial charge in [-0.2, -0.15) is 0 Å². The van der Waals surface area contributed by atoms with E-state index in [-0.39, 0.29) is 22.9 Å². The molecule has 0 aliphatic carbocycles. The lowest BCUT2D eigenvalue weighted by molar-refractivity contribution is 0.101. The van der Waals surface area contributed by atoms with Crippen molar-refractivity contribution in [1.29, 1.82) is 0 Å². The van der Waals surface area contributed by atoms with Crippen molar-refractivity contribution in [2.75, 3.05) is 5.75 Å². The summed E-state index contributed by atoms with van der Waals surface area (Å²) in [4.78, 5) is 44.7. The summed E-state index contributed by atoms with van der Waals surface area (Å²) in [6.45, 7) is 7.40. The Hall–Kier alpha value is -2.67. The lowest BCUT2D eigenvalue weighted by Crippen LogP contribution is -2.23. The number of nitrogens with zero attached hydrogens (tertiary/aromatic N) is 2. The van der Waals surface area contributed by atoms with Crippen LogP contribution in [0, 0.1) is 13.8 Å². The van der Waals surface area contributed by atoms with Crippen molar-refractivity contribution in [1.82, 2.24) is 14.5 Å². The van der Waals surface area contributed by atoms with Gasteiger partial charge in [-0.1, -0.05) is 23.9 Å². The Balaban J connectivity index is 1.91. The number of aryl methyl sites for hydroxylation is 1. The number of aromatic nitrogens is 3. The number of rotatable bonds is 6. The van der Waals surface area contributed by atoms with Crippen LogP contribution in [0.1, 0.15) is 46.0 Å². The lowest BCUT2D eigenvalue weighted by atomic mass is 10.1. The van der Waals surface area contributed by atoms with E-state index in [2.05, 4.69) is 9.97 Å². The van der Waals surface area contributed by atoms with E-state index in [0.717, 1.165) is 0 Å². The van der Waals surface area contributed by atoms with Gasteiger partial charge >= 0.3 is 0 Å². The number of fused-ring (bicyclic) bond motifs is 1. The number of ketones is 2. The molecule has 27 heavy (non-hydrogen) atoms. The van der Waals surface area contributed by atoms with E-state index >= 15 is 0 Å². The van der Waals surface area contributed by atoms with Crippen molar-refractivity contribution < 1.29 is 9.59 Å². The minimum Gasteiger partial charge on any atom is -0.355 e. The molecule has 7 heteroatoms. The van der Waals surface area contributed by atoms with Crippen molar-refractivity contribution >= 4 is 34.2 Å². The first kappa shape index (κ1) is 19.1. The summed E-state index contributed by atoms with van der Waals surface area (Å²) >= 11 is 1.23. The maximum absolute atomic E-state index is 12.7. The molecule has 1 aromatic carbocycles. The SMILES string of the molecule is CCn1c(SCC(=O)c2[nH]c(C)c(C(C)=O)c2C)nc2ccccc2c1=O. The van der Waals surface area contributed by atoms with E-state index in [0.29, 0.717) is 45.1 Å². The molecular formula is C20H21N3O3S. The van der Waals surface area contributed by atoms with Gasteiger partial charge in [0.1, 0.15) is 0 Å². The van der Waals surface area contributed by atoms with Crippen molar-refractivity contribution in [3.05, 3.63) is 57.1 Å². The Morgan fingerprint density at radius 2 is 1.93 bits per heavy atom. The molecule has 3 rings (SSSR count). The molecular weight excluding hydrogens is 362 g/mol. The number of hydrogen-bond acceptors (Lipinski definition) is 5. The average molecular weight is 383 g/mol. The molecule has 0 spiro atoms. The van der Waals surface area contributed by atoms with Gasteiger partial charge in [0.25, 0.3) is 5.56 Å². The van der Waals surface area contributed by atoms with Crippen LogP contribution in [-0.4, -0.2) is 31.9 Å². The van der Waals surface area contributed by atoms with Gasteiger partial charge in [-0.3, -0.25) is 19.0 Å². The van der Waals surface area contributed by atoms with Gasteiger partial charge in [0.2, 0.25) is 0 Å². The summed E-state index contributed by atoms with van der Waals surface area (Å²) in [6, 6.07) is 7.19. The van der Waals surface area contributed by atoms with Crippen LogP contribution in [0.25, 0.3) is 10.9 Å². The van der Waals surface area contributed by atoms with Crippen LogP contribution in [0.15, 0.2) is 34.2 Å². The number of carbonyl (C=O) groups is 2. The fourth-order valence-electron chi connectivity index (χ4n) is 3.30. The smallest absolute Gasteiger partial charge is 0.262 e. The van der Waals surface area contributed by atoms with Crippen molar-refractivity contribution in [2.24, 2.45) is 0 Å². The number of aromatic amines is 1. The molecule has 0 atom stereocenters. The van der Waals surface area contributed by atoms with Gasteiger partial charge in [0.05, 0.1) is 22.3 Å². The second-order valence-corrected chi connectivity index (χ2v) is 7.30. The third-order valence-corrected chi connectivity index (χ3v) is 5.52. The number of benzene rings is 1. The second kappa shape index (κ2) is 7.52. The monoisotopic (exact) mass is 383 g/mol. The quantitative estimate of drug-likeness (QED) is 0.400. The first-order valence-electron chi connectivity index (χ1n) is 8.70. The molecule has 0 saturated heterocycles. The molecule has 2 heterocycles. The van der Waals surface area contributed by atoms with Crippen LogP contribution in [0.4, 0.5) is 0 Å². The van der Waals surface area contributed by atoms with Crippen LogP contribution in [0.5, 0.6) is 0 Å². The number of H-pyrrole nitrogens is 1. The van der Waals surface area contributed by atoms with Gasteiger partial charge in [-0.25, -0.2) is 4.98 Å². The topological polar surface area (TPSA) is 84.8 Å². The number of nitrogens with one attached hydrogen (secondary N) is 1. The maximum atomic E-state index is 12.7. The molecule has 0 amide bonds. The minimum atomic E-state index is -0.127. The van der Waals surface area contributed by atoms with Crippen LogP contribution in [0.2, 0.25) is 0 Å². The predicted octanol–water partition coefficient (Wildman–Crippen LogP) is 3.54. The highest BCUT2D eigenvalue weighted by Crippen LogP contribution is 2.23. The highest BCUT2D eigenvalue weighted by atomic mass is 32.2. The Morgan fingerprint density at radius 3 is 2.56 bits per heavy atom. The molecule has 0 unspecified atom stereocenters. The van der Waals surface area contributed by atoms with E-state index < -0.39 is 0 Å². The molecule has 0 radical (unpaired) electrons. The molecule has 0 aliphatic rings. The zero-order valence-electron chi connectivity index (χ0n) is 15.8. The molecule has 6 nitrogen and oxygen atoms in total. The number of Topliss-reactive ketones (excluding diaryl/α,β-unsaturated/α-hetero) is 2. The molecule has 3 aromatic rings. The van der Waals surface area contributed by atoms with Crippen LogP contribution < -0.4 is 5.56 Å². The van der Waals surface area contributed by atoms with Gasteiger partial charge < -0.3 is 4.98 Å². The van der Waals surface area contributed by atoms with E-state index in [1.54, 1.807) is 30.5 Å². The standard InChI is InChI=1S/C20H21N3O3S/c1-5-23-19(26)14-8-6-7-9-15(14)22-20(23)27-10-16(25)18-11(2)17(13(4)24)12(3)21-18/h6-9,21H,5,10H2,1-4H3. The fourth-order valence-corrected chi connectivity index (χ4v) is 4.23. The first-order chi connectivity index (χ1) is 12.8. The van der Waals surface area contributed by atoms with Crippen LogP contribution >= 0.6 is 11.8 Å². The van der Waals surface area contributed by atoms with E-state index in [1.807, 2.05) is 19.1 Å². The Labute approximate surface area is 161 Å². The van der Waals surface area contributed by atoms with E-state index in [4.69, 9.17) is 0 Å². The third-order valence-electron chi connectivity index (χ3n) is 4.54. The van der Waals surface area contributed by atoms with Crippen LogP contribution in [0.3, 0.4) is 0 Å². The summed E-state index contributed by atoms with van der Waals surface area (Å²) in [5, 5.41) is 1.08. The van der Waals surface area contributed by atoms with Gasteiger partial charge in [0.15, 0.2) is 16.7 Å². The predicted molar refractivity (Wildman–Crippen MR) is 107 cm³/mol. The zero-order valence-corrected chi connectivity index (χ0v) is 16.6. The molecule has 140 valence electrons. The molecule has 0 fully saturated rings. The minimum absolute atomic E-state index is 0.0658. The van der Waals surface area contributed by atoms with E-state index in [9.17, 15) is 14.4 Å². The molecule has 1 N–H and O–H groups in total. The summed E-state index contributed by atoms with van der Waals surface area (Å²) in [6.07, 6.45) is 0. The Morgan fingerprint density at radius 1 is 1.22 bits per heavy atom. The number of hydrogen-bond donors (Lipinski definition) is 1. The van der Waals surface area contributed by atoms with Gasteiger partial charge in [0, 0.05) is 17.8 Å². The van der Waals surface area contributed by atoms with Crippen molar-refractivity contribution in [2.45, 2.75) is 39.4 Å². The average Bonchev–Trinajstić information content (AvgIpc) is 2.94. The van der Waals surface area contributed by atoms with Crippen molar-refractivity contribution in [3.8, 4) is 0 Å². The Kier molecular flexibility index (Phi) is 5.32. The summed E-state index contributed by atoms with van der Waals surface area (Å²) in [5.41, 5.74) is 2.89. The lowest BCUT2D eigenvalue weighted by Gasteiger charge is -2.10.